The molecule has 16 heavy (non-hydrogen) atoms. The van der Waals surface area contributed by atoms with Gasteiger partial charge in [0, 0.05) is 19.7 Å². The number of hydrogen-bond acceptors (Lipinski definition) is 3. The van der Waals surface area contributed by atoms with Crippen LogP contribution >= 0.6 is 0 Å². The Kier molecular flexibility index (Phi) is 3.39. The molecule has 1 aromatic rings. The highest BCUT2D eigenvalue weighted by atomic mass is 16.5. The van der Waals surface area contributed by atoms with E-state index in [0.29, 0.717) is 6.42 Å². The number of carbonyl (C=O) groups excluding carboxylic acids is 1. The minimum absolute atomic E-state index is 0.160. The summed E-state index contributed by atoms with van der Waals surface area (Å²) in [5.41, 5.74) is 1.11. The van der Waals surface area contributed by atoms with Gasteiger partial charge in [0.25, 0.3) is 0 Å². The summed E-state index contributed by atoms with van der Waals surface area (Å²) >= 11 is 0. The molecular formula is C12H18N2O2. The fourth-order valence-electron chi connectivity index (χ4n) is 2.07. The molecule has 2 heterocycles. The first-order valence-electron chi connectivity index (χ1n) is 5.81. The van der Waals surface area contributed by atoms with Crippen molar-refractivity contribution in [3.8, 4) is 0 Å². The lowest BCUT2D eigenvalue weighted by molar-refractivity contribution is -0.129. The minimum Gasteiger partial charge on any atom is -0.368 e. The van der Waals surface area contributed by atoms with E-state index in [0.717, 1.165) is 24.8 Å². The summed E-state index contributed by atoms with van der Waals surface area (Å²) in [6, 6.07) is 0. The first kappa shape index (κ1) is 11.3. The SMILES string of the molecule is CC1CCC(C(=O)CCc2cnn(C)c2)O1. The van der Waals surface area contributed by atoms with Crippen molar-refractivity contribution in [2.24, 2.45) is 7.05 Å². The normalized spacial score (nSPS) is 24.9. The van der Waals surface area contributed by atoms with Crippen LogP contribution in [0.2, 0.25) is 0 Å². The highest BCUT2D eigenvalue weighted by Crippen LogP contribution is 2.21. The summed E-state index contributed by atoms with van der Waals surface area (Å²) in [6.45, 7) is 2.02. The highest BCUT2D eigenvalue weighted by molar-refractivity contribution is 5.83. The Morgan fingerprint density at radius 3 is 3.00 bits per heavy atom. The van der Waals surface area contributed by atoms with Crippen molar-refractivity contribution in [1.82, 2.24) is 9.78 Å². The van der Waals surface area contributed by atoms with E-state index in [9.17, 15) is 4.79 Å². The van der Waals surface area contributed by atoms with Crippen molar-refractivity contribution < 1.29 is 9.53 Å². The molecule has 0 spiro atoms. The third-order valence-electron chi connectivity index (χ3n) is 3.01. The molecule has 0 aromatic carbocycles. The van der Waals surface area contributed by atoms with Crippen LogP contribution in [-0.2, 0) is 23.0 Å². The second kappa shape index (κ2) is 4.78. The van der Waals surface area contributed by atoms with Gasteiger partial charge in [0.1, 0.15) is 6.10 Å². The molecule has 0 N–H and O–H groups in total. The number of hydrogen-bond donors (Lipinski definition) is 0. The predicted octanol–water partition coefficient (Wildman–Crippen LogP) is 1.49. The zero-order valence-electron chi connectivity index (χ0n) is 9.85. The van der Waals surface area contributed by atoms with Gasteiger partial charge in [0.15, 0.2) is 5.78 Å². The molecular weight excluding hydrogens is 204 g/mol. The van der Waals surface area contributed by atoms with Crippen LogP contribution in [0.3, 0.4) is 0 Å². The summed E-state index contributed by atoms with van der Waals surface area (Å²) in [5, 5.41) is 4.08. The number of ketones is 1. The summed E-state index contributed by atoms with van der Waals surface area (Å²) in [7, 11) is 1.88. The smallest absolute Gasteiger partial charge is 0.161 e. The third kappa shape index (κ3) is 2.70. The average molecular weight is 222 g/mol. The van der Waals surface area contributed by atoms with Crippen LogP contribution in [0.5, 0.6) is 0 Å². The Hall–Kier alpha value is -1.16. The van der Waals surface area contributed by atoms with E-state index < -0.39 is 0 Å². The number of rotatable bonds is 4. The Morgan fingerprint density at radius 2 is 2.44 bits per heavy atom. The van der Waals surface area contributed by atoms with Crippen LogP contribution < -0.4 is 0 Å². The van der Waals surface area contributed by atoms with Crippen LogP contribution in [-0.4, -0.2) is 27.8 Å². The molecule has 0 aliphatic carbocycles. The summed E-state index contributed by atoms with van der Waals surface area (Å²) in [6.07, 6.45) is 7.05. The van der Waals surface area contributed by atoms with E-state index in [1.165, 1.54) is 0 Å². The predicted molar refractivity (Wildman–Crippen MR) is 60.1 cm³/mol. The molecule has 0 bridgehead atoms. The Labute approximate surface area is 95.6 Å². The largest absolute Gasteiger partial charge is 0.368 e. The topological polar surface area (TPSA) is 44.1 Å². The monoisotopic (exact) mass is 222 g/mol. The van der Waals surface area contributed by atoms with Gasteiger partial charge in [0.05, 0.1) is 12.3 Å². The number of Topliss-reactive ketones (excluding diaryl/α,β-unsaturated/α-hetero) is 1. The van der Waals surface area contributed by atoms with Crippen LogP contribution in [0.4, 0.5) is 0 Å². The van der Waals surface area contributed by atoms with E-state index in [1.54, 1.807) is 4.68 Å². The second-order valence-corrected chi connectivity index (χ2v) is 4.50. The number of ether oxygens (including phenoxy) is 1. The van der Waals surface area contributed by atoms with E-state index in [2.05, 4.69) is 5.10 Å². The molecule has 0 amide bonds. The van der Waals surface area contributed by atoms with Crippen molar-refractivity contribution in [2.75, 3.05) is 0 Å². The van der Waals surface area contributed by atoms with Gasteiger partial charge >= 0.3 is 0 Å². The lowest BCUT2D eigenvalue weighted by Gasteiger charge is -2.09. The van der Waals surface area contributed by atoms with Crippen molar-refractivity contribution >= 4 is 5.78 Å². The Morgan fingerprint density at radius 1 is 1.62 bits per heavy atom. The Bertz CT molecular complexity index is 373. The maximum absolute atomic E-state index is 11.8. The zero-order chi connectivity index (χ0) is 11.5. The number of aromatic nitrogens is 2. The van der Waals surface area contributed by atoms with Crippen molar-refractivity contribution in [3.63, 3.8) is 0 Å². The van der Waals surface area contributed by atoms with Crippen molar-refractivity contribution in [1.29, 1.82) is 0 Å². The van der Waals surface area contributed by atoms with Gasteiger partial charge in [-0.25, -0.2) is 0 Å². The minimum atomic E-state index is -0.160. The van der Waals surface area contributed by atoms with Crippen molar-refractivity contribution in [2.45, 2.75) is 44.8 Å². The van der Waals surface area contributed by atoms with Crippen molar-refractivity contribution in [3.05, 3.63) is 18.0 Å². The van der Waals surface area contributed by atoms with Crippen LogP contribution in [0.25, 0.3) is 0 Å². The molecule has 0 saturated carbocycles. The van der Waals surface area contributed by atoms with Crippen LogP contribution in [0.1, 0.15) is 31.7 Å². The van der Waals surface area contributed by atoms with Gasteiger partial charge in [-0.15, -0.1) is 0 Å². The molecule has 4 heteroatoms. The highest BCUT2D eigenvalue weighted by Gasteiger charge is 2.27. The molecule has 0 radical (unpaired) electrons. The molecule has 1 aliphatic rings. The van der Waals surface area contributed by atoms with Gasteiger partial charge in [-0.1, -0.05) is 0 Å². The van der Waals surface area contributed by atoms with E-state index in [4.69, 9.17) is 4.74 Å². The van der Waals surface area contributed by atoms with E-state index in [1.807, 2.05) is 26.4 Å². The van der Waals surface area contributed by atoms with Gasteiger partial charge in [-0.05, 0) is 31.7 Å². The van der Waals surface area contributed by atoms with Gasteiger partial charge in [0.2, 0.25) is 0 Å². The van der Waals surface area contributed by atoms with Gasteiger partial charge in [-0.3, -0.25) is 9.48 Å². The molecule has 1 saturated heterocycles. The zero-order valence-corrected chi connectivity index (χ0v) is 9.85. The maximum Gasteiger partial charge on any atom is 0.161 e. The summed E-state index contributed by atoms with van der Waals surface area (Å²) in [4.78, 5) is 11.8. The first-order chi connectivity index (χ1) is 7.65. The molecule has 2 rings (SSSR count). The first-order valence-corrected chi connectivity index (χ1v) is 5.81. The maximum atomic E-state index is 11.8. The summed E-state index contributed by atoms with van der Waals surface area (Å²) < 4.78 is 7.30. The molecule has 1 aliphatic heterocycles. The fraction of sp³-hybridized carbons (Fsp3) is 0.667. The van der Waals surface area contributed by atoms with Gasteiger partial charge in [-0.2, -0.15) is 5.10 Å². The number of nitrogens with zero attached hydrogens (tertiary/aromatic N) is 2. The number of carbonyl (C=O) groups is 1. The molecule has 4 nitrogen and oxygen atoms in total. The van der Waals surface area contributed by atoms with E-state index >= 15 is 0 Å². The van der Waals surface area contributed by atoms with Gasteiger partial charge < -0.3 is 4.74 Å². The number of aryl methyl sites for hydroxylation is 2. The second-order valence-electron chi connectivity index (χ2n) is 4.50. The fourth-order valence-corrected chi connectivity index (χ4v) is 2.07. The average Bonchev–Trinajstić information content (AvgIpc) is 2.84. The lowest BCUT2D eigenvalue weighted by atomic mass is 10.1. The molecule has 2 unspecified atom stereocenters. The van der Waals surface area contributed by atoms with Crippen LogP contribution in [0.15, 0.2) is 12.4 Å². The molecule has 1 fully saturated rings. The molecule has 1 aromatic heterocycles. The lowest BCUT2D eigenvalue weighted by Crippen LogP contribution is -2.20. The van der Waals surface area contributed by atoms with E-state index in [-0.39, 0.29) is 18.0 Å². The molecule has 2 atom stereocenters. The molecule has 88 valence electrons. The Balaban J connectivity index is 1.80. The summed E-state index contributed by atoms with van der Waals surface area (Å²) in [5.74, 6) is 0.230. The van der Waals surface area contributed by atoms with Crippen LogP contribution in [0, 0.1) is 0 Å². The standard InChI is InChI=1S/C12H18N2O2/c1-9-3-6-12(16-9)11(15)5-4-10-7-13-14(2)8-10/h7-9,12H,3-6H2,1-2H3. The third-order valence-corrected chi connectivity index (χ3v) is 3.01. The quantitative estimate of drug-likeness (QED) is 0.775.